The molecule has 0 aromatic carbocycles. The van der Waals surface area contributed by atoms with Crippen molar-refractivity contribution in [2.24, 2.45) is 5.41 Å². The third-order valence-electron chi connectivity index (χ3n) is 2.85. The Morgan fingerprint density at radius 3 is 2.47 bits per heavy atom. The Morgan fingerprint density at radius 1 is 1.40 bits per heavy atom. The van der Waals surface area contributed by atoms with E-state index in [1.54, 1.807) is 0 Å². The molecule has 0 spiro atoms. The van der Waals surface area contributed by atoms with E-state index in [9.17, 15) is 0 Å². The minimum Gasteiger partial charge on any atom is -0.213 e. The van der Waals surface area contributed by atoms with Crippen molar-refractivity contribution in [1.82, 2.24) is 9.36 Å². The molecule has 0 aliphatic carbocycles. The van der Waals surface area contributed by atoms with Crippen molar-refractivity contribution in [2.45, 2.75) is 38.0 Å². The van der Waals surface area contributed by atoms with E-state index in [1.807, 2.05) is 18.7 Å². The van der Waals surface area contributed by atoms with Crippen LogP contribution in [0.2, 0.25) is 0 Å². The van der Waals surface area contributed by atoms with Gasteiger partial charge in [-0.1, -0.05) is 25.6 Å². The third kappa shape index (κ3) is 3.64. The predicted octanol–water partition coefficient (Wildman–Crippen LogP) is 3.67. The molecule has 0 aliphatic rings. The Morgan fingerprint density at radius 2 is 2.07 bits per heavy atom. The minimum absolute atomic E-state index is 0.355. The molecule has 1 rings (SSSR count). The normalized spacial score (nSPS) is 12.0. The molecule has 0 bridgehead atoms. The van der Waals surface area contributed by atoms with Crippen LogP contribution in [0.25, 0.3) is 0 Å². The highest BCUT2D eigenvalue weighted by Gasteiger charge is 2.25. The number of hydrogen-bond donors (Lipinski definition) is 1. The molecule has 0 atom stereocenters. The average Bonchev–Trinajstić information content (AvgIpc) is 2.67. The number of rotatable bonds is 6. The van der Waals surface area contributed by atoms with Gasteiger partial charge in [-0.3, -0.25) is 0 Å². The zero-order chi connectivity index (χ0) is 11.3. The lowest BCUT2D eigenvalue weighted by Gasteiger charge is -2.28. The van der Waals surface area contributed by atoms with Gasteiger partial charge >= 0.3 is 0 Å². The molecule has 0 radical (unpaired) electrons. The van der Waals surface area contributed by atoms with Crippen molar-refractivity contribution in [1.29, 1.82) is 0 Å². The lowest BCUT2D eigenvalue weighted by molar-refractivity contribution is 0.357. The van der Waals surface area contributed by atoms with Gasteiger partial charge in [-0.25, -0.2) is 4.98 Å². The van der Waals surface area contributed by atoms with Crippen LogP contribution < -0.4 is 0 Å². The smallest absolute Gasteiger partial charge is 0.170 e. The molecular formula is C10H18N2S3. The maximum absolute atomic E-state index is 4.47. The van der Waals surface area contributed by atoms with E-state index in [0.717, 1.165) is 21.7 Å². The maximum Gasteiger partial charge on any atom is 0.170 e. The molecule has 0 unspecified atom stereocenters. The zero-order valence-electron chi connectivity index (χ0n) is 9.49. The van der Waals surface area contributed by atoms with Gasteiger partial charge in [-0.05, 0) is 42.5 Å². The fraction of sp³-hybridized carbons (Fsp3) is 0.800. The summed E-state index contributed by atoms with van der Waals surface area (Å²) >= 11 is 7.78. The Bertz CT molecular complexity index is 286. The molecule has 1 aromatic heterocycles. The van der Waals surface area contributed by atoms with Gasteiger partial charge in [0.05, 0.1) is 0 Å². The van der Waals surface area contributed by atoms with E-state index >= 15 is 0 Å². The van der Waals surface area contributed by atoms with Crippen LogP contribution in [-0.4, -0.2) is 20.9 Å². The highest BCUT2D eigenvalue weighted by Crippen LogP contribution is 2.35. The first-order valence-corrected chi connectivity index (χ1v) is 7.59. The first-order valence-electron chi connectivity index (χ1n) is 5.19. The number of aromatic nitrogens is 2. The molecule has 0 aliphatic heterocycles. The van der Waals surface area contributed by atoms with Crippen molar-refractivity contribution >= 4 is 35.9 Å². The van der Waals surface area contributed by atoms with Crippen LogP contribution in [-0.2, 0) is 0 Å². The molecule has 0 saturated carbocycles. The fourth-order valence-corrected chi connectivity index (χ4v) is 4.05. The summed E-state index contributed by atoms with van der Waals surface area (Å²) in [6.07, 6.45) is 2.36. The number of aryl methyl sites for hydroxylation is 1. The van der Waals surface area contributed by atoms with Crippen molar-refractivity contribution < 1.29 is 0 Å². The molecule has 86 valence electrons. The molecular weight excluding hydrogens is 244 g/mol. The monoisotopic (exact) mass is 262 g/mol. The molecule has 0 amide bonds. The Balaban J connectivity index is 2.54. The van der Waals surface area contributed by atoms with Gasteiger partial charge in [0.25, 0.3) is 0 Å². The Labute approximate surface area is 106 Å². The quantitative estimate of drug-likeness (QED) is 0.625. The largest absolute Gasteiger partial charge is 0.213 e. The van der Waals surface area contributed by atoms with E-state index < -0.39 is 0 Å². The SMILES string of the molecule is CCC(CC)(CS)CSc1nc(C)ns1. The van der Waals surface area contributed by atoms with E-state index in [4.69, 9.17) is 0 Å². The molecule has 15 heavy (non-hydrogen) atoms. The summed E-state index contributed by atoms with van der Waals surface area (Å²) in [5.74, 6) is 2.93. The maximum atomic E-state index is 4.47. The lowest BCUT2D eigenvalue weighted by Crippen LogP contribution is -2.24. The standard InChI is InChI=1S/C10H18N2S3/c1-4-10(5-2,6-13)7-14-9-11-8(3)12-15-9/h13H,4-7H2,1-3H3. The van der Waals surface area contributed by atoms with E-state index in [2.05, 4.69) is 35.8 Å². The zero-order valence-corrected chi connectivity index (χ0v) is 12.0. The number of thiol groups is 1. The average molecular weight is 262 g/mol. The summed E-state index contributed by atoms with van der Waals surface area (Å²) in [7, 11) is 0. The Hall–Kier alpha value is 0.260. The summed E-state index contributed by atoms with van der Waals surface area (Å²) in [6, 6.07) is 0. The number of nitrogens with zero attached hydrogens (tertiary/aromatic N) is 2. The van der Waals surface area contributed by atoms with Gasteiger partial charge in [0.2, 0.25) is 0 Å². The van der Waals surface area contributed by atoms with Crippen LogP contribution >= 0.6 is 35.9 Å². The first kappa shape index (κ1) is 13.3. The van der Waals surface area contributed by atoms with Crippen LogP contribution in [0.15, 0.2) is 4.34 Å². The van der Waals surface area contributed by atoms with Crippen LogP contribution in [0.4, 0.5) is 0 Å². The van der Waals surface area contributed by atoms with Gasteiger partial charge < -0.3 is 0 Å². The van der Waals surface area contributed by atoms with E-state index in [0.29, 0.717) is 5.41 Å². The summed E-state index contributed by atoms with van der Waals surface area (Å²) in [5, 5.41) is 0. The fourth-order valence-electron chi connectivity index (χ4n) is 1.27. The molecule has 1 aromatic rings. The second kappa shape index (κ2) is 6.11. The summed E-state index contributed by atoms with van der Waals surface area (Å²) < 4.78 is 5.27. The van der Waals surface area contributed by atoms with Crippen molar-refractivity contribution in [3.63, 3.8) is 0 Å². The summed E-state index contributed by atoms with van der Waals surface area (Å²) in [4.78, 5) is 4.36. The second-order valence-corrected chi connectivity index (χ2v) is 6.05. The molecule has 0 saturated heterocycles. The van der Waals surface area contributed by atoms with Crippen LogP contribution in [0.1, 0.15) is 32.5 Å². The lowest BCUT2D eigenvalue weighted by atomic mass is 9.87. The van der Waals surface area contributed by atoms with Crippen molar-refractivity contribution in [3.8, 4) is 0 Å². The topological polar surface area (TPSA) is 25.8 Å². The van der Waals surface area contributed by atoms with Crippen molar-refractivity contribution in [3.05, 3.63) is 5.82 Å². The van der Waals surface area contributed by atoms with E-state index in [1.165, 1.54) is 24.4 Å². The molecule has 0 fully saturated rings. The van der Waals surface area contributed by atoms with Gasteiger partial charge in [0, 0.05) is 5.75 Å². The third-order valence-corrected chi connectivity index (χ3v) is 5.79. The molecule has 0 N–H and O–H groups in total. The van der Waals surface area contributed by atoms with Gasteiger partial charge in [-0.2, -0.15) is 17.0 Å². The van der Waals surface area contributed by atoms with Crippen LogP contribution in [0, 0.1) is 12.3 Å². The van der Waals surface area contributed by atoms with Crippen molar-refractivity contribution in [2.75, 3.05) is 11.5 Å². The highest BCUT2D eigenvalue weighted by molar-refractivity contribution is 8.01. The highest BCUT2D eigenvalue weighted by atomic mass is 32.2. The summed E-state index contributed by atoms with van der Waals surface area (Å²) in [6.45, 7) is 6.42. The predicted molar refractivity (Wildman–Crippen MR) is 72.2 cm³/mol. The van der Waals surface area contributed by atoms with E-state index in [-0.39, 0.29) is 0 Å². The minimum atomic E-state index is 0.355. The van der Waals surface area contributed by atoms with Crippen LogP contribution in [0.3, 0.4) is 0 Å². The molecule has 2 nitrogen and oxygen atoms in total. The first-order chi connectivity index (χ1) is 7.15. The Kier molecular flexibility index (Phi) is 5.43. The molecule has 5 heteroatoms. The van der Waals surface area contributed by atoms with Gasteiger partial charge in [0.15, 0.2) is 4.34 Å². The van der Waals surface area contributed by atoms with Gasteiger partial charge in [0.1, 0.15) is 5.82 Å². The molecule has 1 heterocycles. The number of thioether (sulfide) groups is 1. The number of hydrogen-bond acceptors (Lipinski definition) is 5. The summed E-state index contributed by atoms with van der Waals surface area (Å²) in [5.41, 5.74) is 0.355. The van der Waals surface area contributed by atoms with Crippen LogP contribution in [0.5, 0.6) is 0 Å². The second-order valence-electron chi connectivity index (χ2n) is 3.76. The van der Waals surface area contributed by atoms with Gasteiger partial charge in [-0.15, -0.1) is 0 Å².